The van der Waals surface area contributed by atoms with E-state index in [2.05, 4.69) is 34.3 Å². The number of nitrogens with one attached hydrogen (secondary N) is 1. The van der Waals surface area contributed by atoms with Crippen LogP contribution in [0.25, 0.3) is 11.6 Å². The van der Waals surface area contributed by atoms with Gasteiger partial charge in [-0.2, -0.15) is 0 Å². The molecule has 2 heterocycles. The third-order valence-corrected chi connectivity index (χ3v) is 3.91. The number of aryl methyl sites for hydroxylation is 1. The van der Waals surface area contributed by atoms with Crippen molar-refractivity contribution in [2.45, 2.75) is 46.5 Å². The zero-order chi connectivity index (χ0) is 15.2. The topological polar surface area (TPSA) is 80.9 Å². The number of anilines is 1. The van der Waals surface area contributed by atoms with Crippen molar-refractivity contribution in [3.8, 4) is 11.6 Å². The molecule has 114 valence electrons. The molecule has 0 aromatic carbocycles. The summed E-state index contributed by atoms with van der Waals surface area (Å²) in [5, 5.41) is 13.3. The van der Waals surface area contributed by atoms with Gasteiger partial charge in [-0.25, -0.2) is 4.98 Å². The maximum Gasteiger partial charge on any atom is 0.322 e. The fourth-order valence-electron chi connectivity index (χ4n) is 2.15. The van der Waals surface area contributed by atoms with Crippen molar-refractivity contribution >= 4 is 23.3 Å². The van der Waals surface area contributed by atoms with E-state index in [-0.39, 0.29) is 17.8 Å². The van der Waals surface area contributed by atoms with E-state index >= 15 is 0 Å². The monoisotopic (exact) mass is 308 g/mol. The van der Waals surface area contributed by atoms with Crippen LogP contribution in [-0.2, 0) is 4.79 Å². The maximum atomic E-state index is 12.2. The van der Waals surface area contributed by atoms with Gasteiger partial charge in [-0.3, -0.25) is 10.1 Å². The van der Waals surface area contributed by atoms with Crippen LogP contribution in [0.2, 0.25) is 0 Å². The van der Waals surface area contributed by atoms with Gasteiger partial charge < -0.3 is 4.42 Å². The second-order valence-electron chi connectivity index (χ2n) is 4.93. The van der Waals surface area contributed by atoms with Gasteiger partial charge in [0, 0.05) is 11.3 Å². The Hall–Kier alpha value is -1.76. The molecule has 7 heteroatoms. The highest BCUT2D eigenvalue weighted by molar-refractivity contribution is 7.09. The number of carbonyl (C=O) groups is 1. The number of hydrogen-bond donors (Lipinski definition) is 1. The summed E-state index contributed by atoms with van der Waals surface area (Å²) in [4.78, 5) is 16.5. The van der Waals surface area contributed by atoms with Crippen molar-refractivity contribution in [2.75, 3.05) is 5.32 Å². The van der Waals surface area contributed by atoms with Crippen molar-refractivity contribution in [1.82, 2.24) is 15.2 Å². The molecule has 0 aliphatic carbocycles. The van der Waals surface area contributed by atoms with E-state index in [4.69, 9.17) is 4.42 Å². The van der Waals surface area contributed by atoms with E-state index in [1.165, 1.54) is 11.3 Å². The molecular weight excluding hydrogens is 288 g/mol. The number of hydrogen-bond acceptors (Lipinski definition) is 6. The fraction of sp³-hybridized carbons (Fsp3) is 0.571. The Kier molecular flexibility index (Phi) is 5.44. The van der Waals surface area contributed by atoms with Crippen molar-refractivity contribution in [1.29, 1.82) is 0 Å². The summed E-state index contributed by atoms with van der Waals surface area (Å²) in [5.74, 6) is 0.275. The number of aromatic nitrogens is 3. The standard InChI is InChI=1S/C14H20N4O2S/c1-4-6-10(7-5-2)12(19)16-14-18-17-13(20-14)11-8-21-9(3)15-11/h8,10H,4-7H2,1-3H3,(H,16,18,19). The summed E-state index contributed by atoms with van der Waals surface area (Å²) in [6.45, 7) is 6.06. The highest BCUT2D eigenvalue weighted by Crippen LogP contribution is 2.22. The van der Waals surface area contributed by atoms with Crippen molar-refractivity contribution in [2.24, 2.45) is 5.92 Å². The molecule has 0 bridgehead atoms. The first kappa shape index (κ1) is 15.6. The van der Waals surface area contributed by atoms with Gasteiger partial charge >= 0.3 is 6.01 Å². The lowest BCUT2D eigenvalue weighted by Gasteiger charge is -2.12. The van der Waals surface area contributed by atoms with Gasteiger partial charge in [0.15, 0.2) is 0 Å². The molecule has 21 heavy (non-hydrogen) atoms. The first-order valence-electron chi connectivity index (χ1n) is 7.20. The number of carbonyl (C=O) groups excluding carboxylic acids is 1. The van der Waals surface area contributed by atoms with Crippen LogP contribution in [0.5, 0.6) is 0 Å². The zero-order valence-electron chi connectivity index (χ0n) is 12.5. The van der Waals surface area contributed by atoms with Gasteiger partial charge in [0.05, 0.1) is 5.01 Å². The lowest BCUT2D eigenvalue weighted by molar-refractivity contribution is -0.120. The Morgan fingerprint density at radius 1 is 1.33 bits per heavy atom. The van der Waals surface area contributed by atoms with E-state index in [0.29, 0.717) is 11.6 Å². The Morgan fingerprint density at radius 2 is 2.05 bits per heavy atom. The first-order chi connectivity index (χ1) is 10.1. The molecule has 1 N–H and O–H groups in total. The summed E-state index contributed by atoms with van der Waals surface area (Å²) >= 11 is 1.51. The Morgan fingerprint density at radius 3 is 2.62 bits per heavy atom. The van der Waals surface area contributed by atoms with E-state index in [1.54, 1.807) is 0 Å². The summed E-state index contributed by atoms with van der Waals surface area (Å²) in [5.41, 5.74) is 0.643. The van der Waals surface area contributed by atoms with E-state index in [9.17, 15) is 4.79 Å². The van der Waals surface area contributed by atoms with E-state index in [0.717, 1.165) is 30.7 Å². The van der Waals surface area contributed by atoms with Crippen molar-refractivity contribution in [3.63, 3.8) is 0 Å². The molecule has 6 nitrogen and oxygen atoms in total. The molecule has 0 atom stereocenters. The molecule has 0 saturated heterocycles. The molecule has 0 fully saturated rings. The van der Waals surface area contributed by atoms with Crippen LogP contribution >= 0.6 is 11.3 Å². The van der Waals surface area contributed by atoms with Crippen molar-refractivity contribution in [3.05, 3.63) is 10.4 Å². The van der Waals surface area contributed by atoms with Crippen LogP contribution in [0.3, 0.4) is 0 Å². The van der Waals surface area contributed by atoms with Gasteiger partial charge in [0.1, 0.15) is 5.69 Å². The van der Waals surface area contributed by atoms with Gasteiger partial charge in [0.2, 0.25) is 5.91 Å². The van der Waals surface area contributed by atoms with Crippen LogP contribution < -0.4 is 5.32 Å². The van der Waals surface area contributed by atoms with Gasteiger partial charge in [-0.05, 0) is 19.8 Å². The normalized spacial score (nSPS) is 11.0. The van der Waals surface area contributed by atoms with E-state index in [1.807, 2.05) is 12.3 Å². The molecule has 0 aliphatic heterocycles. The molecule has 2 aromatic heterocycles. The Balaban J connectivity index is 2.03. The van der Waals surface area contributed by atoms with Gasteiger partial charge in [-0.15, -0.1) is 16.4 Å². The van der Waals surface area contributed by atoms with Gasteiger partial charge in [-0.1, -0.05) is 31.8 Å². The van der Waals surface area contributed by atoms with Crippen LogP contribution in [0, 0.1) is 12.8 Å². The lowest BCUT2D eigenvalue weighted by atomic mass is 9.97. The number of nitrogens with zero attached hydrogens (tertiary/aromatic N) is 3. The average molecular weight is 308 g/mol. The molecule has 0 spiro atoms. The maximum absolute atomic E-state index is 12.2. The number of amides is 1. The molecule has 0 unspecified atom stereocenters. The minimum atomic E-state index is -0.0524. The number of rotatable bonds is 7. The SMILES string of the molecule is CCCC(CCC)C(=O)Nc1nnc(-c2csc(C)n2)o1. The molecule has 0 aliphatic rings. The highest BCUT2D eigenvalue weighted by atomic mass is 32.1. The summed E-state index contributed by atoms with van der Waals surface area (Å²) < 4.78 is 5.45. The van der Waals surface area contributed by atoms with Gasteiger partial charge in [0.25, 0.3) is 5.89 Å². The third kappa shape index (κ3) is 4.10. The third-order valence-electron chi connectivity index (χ3n) is 3.14. The van der Waals surface area contributed by atoms with Crippen LogP contribution in [0.4, 0.5) is 6.01 Å². The average Bonchev–Trinajstić information content (AvgIpc) is 3.07. The molecule has 2 aromatic rings. The van der Waals surface area contributed by atoms with Crippen LogP contribution in [0.15, 0.2) is 9.80 Å². The Bertz CT molecular complexity index is 587. The van der Waals surface area contributed by atoms with E-state index < -0.39 is 0 Å². The first-order valence-corrected chi connectivity index (χ1v) is 8.08. The molecule has 0 saturated carbocycles. The summed E-state index contributed by atoms with van der Waals surface area (Å²) in [6, 6.07) is 0.137. The predicted octanol–water partition coefficient (Wildman–Crippen LogP) is 3.66. The Labute approximate surface area is 128 Å². The number of thiazole rings is 1. The largest absolute Gasteiger partial charge is 0.401 e. The van der Waals surface area contributed by atoms with Crippen LogP contribution in [0.1, 0.15) is 44.5 Å². The molecule has 0 radical (unpaired) electrons. The molecular formula is C14H20N4O2S. The summed E-state index contributed by atoms with van der Waals surface area (Å²) in [7, 11) is 0. The van der Waals surface area contributed by atoms with Crippen molar-refractivity contribution < 1.29 is 9.21 Å². The second-order valence-corrected chi connectivity index (χ2v) is 5.99. The summed E-state index contributed by atoms with van der Waals surface area (Å²) in [6.07, 6.45) is 3.69. The highest BCUT2D eigenvalue weighted by Gasteiger charge is 2.19. The molecule has 1 amide bonds. The molecule has 2 rings (SSSR count). The second kappa shape index (κ2) is 7.31. The smallest absolute Gasteiger partial charge is 0.322 e. The lowest BCUT2D eigenvalue weighted by Crippen LogP contribution is -2.22. The fourth-order valence-corrected chi connectivity index (χ4v) is 2.74. The minimum Gasteiger partial charge on any atom is -0.401 e. The minimum absolute atomic E-state index is 0.00290. The quantitative estimate of drug-likeness (QED) is 0.844. The zero-order valence-corrected chi connectivity index (χ0v) is 13.4. The van der Waals surface area contributed by atoms with Crippen LogP contribution in [-0.4, -0.2) is 21.1 Å². The predicted molar refractivity (Wildman–Crippen MR) is 82.1 cm³/mol.